The number of rotatable bonds is 4. The summed E-state index contributed by atoms with van der Waals surface area (Å²) in [6, 6.07) is 15.5. The molecule has 0 aliphatic carbocycles. The number of benzene rings is 2. The number of esters is 1. The Morgan fingerprint density at radius 2 is 1.74 bits per heavy atom. The van der Waals surface area contributed by atoms with Crippen LogP contribution >= 0.6 is 12.2 Å². The SMILES string of the molecule is CCOC(=O)c1cccc(NC(=S)NC(=O)c2ccccc2)c1. The summed E-state index contributed by atoms with van der Waals surface area (Å²) in [4.78, 5) is 23.7. The standard InChI is InChI=1S/C17H16N2O3S/c1-2-22-16(21)13-9-6-10-14(11-13)18-17(23)19-15(20)12-7-4-3-5-8-12/h3-11H,2H2,1H3,(H2,18,19,20,23). The van der Waals surface area contributed by atoms with Crippen molar-refractivity contribution < 1.29 is 14.3 Å². The van der Waals surface area contributed by atoms with Gasteiger partial charge < -0.3 is 10.1 Å². The number of hydrogen-bond acceptors (Lipinski definition) is 4. The molecule has 0 aliphatic rings. The molecule has 2 N–H and O–H groups in total. The van der Waals surface area contributed by atoms with Crippen LogP contribution in [0.25, 0.3) is 0 Å². The summed E-state index contributed by atoms with van der Waals surface area (Å²) in [6.07, 6.45) is 0. The van der Waals surface area contributed by atoms with E-state index < -0.39 is 5.97 Å². The van der Waals surface area contributed by atoms with Gasteiger partial charge in [-0.1, -0.05) is 24.3 Å². The van der Waals surface area contributed by atoms with Crippen LogP contribution in [-0.2, 0) is 4.74 Å². The van der Waals surface area contributed by atoms with Crippen molar-refractivity contribution >= 4 is 34.9 Å². The Balaban J connectivity index is 1.99. The van der Waals surface area contributed by atoms with E-state index in [-0.39, 0.29) is 11.0 Å². The Kier molecular flexibility index (Phi) is 5.82. The lowest BCUT2D eigenvalue weighted by atomic mass is 10.2. The predicted octanol–water partition coefficient (Wildman–Crippen LogP) is 2.99. The summed E-state index contributed by atoms with van der Waals surface area (Å²) in [5.41, 5.74) is 1.51. The van der Waals surface area contributed by atoms with Gasteiger partial charge in [-0.15, -0.1) is 0 Å². The summed E-state index contributed by atoms with van der Waals surface area (Å²) >= 11 is 5.11. The molecular formula is C17H16N2O3S. The smallest absolute Gasteiger partial charge is 0.338 e. The van der Waals surface area contributed by atoms with E-state index in [1.54, 1.807) is 55.5 Å². The first kappa shape index (κ1) is 16.6. The molecule has 2 aromatic carbocycles. The van der Waals surface area contributed by atoms with Crippen molar-refractivity contribution in [1.82, 2.24) is 5.32 Å². The van der Waals surface area contributed by atoms with Crippen LogP contribution in [0, 0.1) is 0 Å². The highest BCUT2D eigenvalue weighted by atomic mass is 32.1. The molecule has 0 saturated carbocycles. The third kappa shape index (κ3) is 4.89. The third-order valence-corrected chi connectivity index (χ3v) is 3.10. The van der Waals surface area contributed by atoms with Crippen LogP contribution < -0.4 is 10.6 Å². The molecule has 0 aromatic heterocycles. The van der Waals surface area contributed by atoms with Gasteiger partial charge in [0.25, 0.3) is 5.91 Å². The Labute approximate surface area is 139 Å². The summed E-state index contributed by atoms with van der Waals surface area (Å²) < 4.78 is 4.94. The molecule has 0 heterocycles. The van der Waals surface area contributed by atoms with Crippen molar-refractivity contribution in [3.8, 4) is 0 Å². The molecule has 0 fully saturated rings. The highest BCUT2D eigenvalue weighted by Gasteiger charge is 2.09. The van der Waals surface area contributed by atoms with Crippen molar-refractivity contribution in [2.24, 2.45) is 0 Å². The second kappa shape index (κ2) is 8.05. The Bertz CT molecular complexity index is 717. The number of hydrogen-bond donors (Lipinski definition) is 2. The minimum atomic E-state index is -0.407. The molecule has 0 bridgehead atoms. The average Bonchev–Trinajstić information content (AvgIpc) is 2.56. The predicted molar refractivity (Wildman–Crippen MR) is 92.5 cm³/mol. The molecule has 2 aromatic rings. The van der Waals surface area contributed by atoms with Crippen LogP contribution in [0.15, 0.2) is 54.6 Å². The first-order chi connectivity index (χ1) is 11.1. The molecule has 0 saturated heterocycles. The molecule has 0 atom stereocenters. The van der Waals surface area contributed by atoms with Gasteiger partial charge in [-0.2, -0.15) is 0 Å². The van der Waals surface area contributed by atoms with Gasteiger partial charge >= 0.3 is 5.97 Å². The van der Waals surface area contributed by atoms with Crippen LogP contribution in [0.5, 0.6) is 0 Å². The number of carbonyl (C=O) groups is 2. The van der Waals surface area contributed by atoms with Crippen LogP contribution in [0.3, 0.4) is 0 Å². The zero-order valence-corrected chi connectivity index (χ0v) is 13.4. The quantitative estimate of drug-likeness (QED) is 0.667. The van der Waals surface area contributed by atoms with Crippen LogP contribution in [0.2, 0.25) is 0 Å². The second-order valence-corrected chi connectivity index (χ2v) is 4.98. The maximum Gasteiger partial charge on any atom is 0.338 e. The lowest BCUT2D eigenvalue weighted by Crippen LogP contribution is -2.34. The number of ether oxygens (including phenoxy) is 1. The van der Waals surface area contributed by atoms with Crippen molar-refractivity contribution in [3.05, 3.63) is 65.7 Å². The van der Waals surface area contributed by atoms with Gasteiger partial charge in [0, 0.05) is 11.3 Å². The number of amides is 1. The molecule has 23 heavy (non-hydrogen) atoms. The summed E-state index contributed by atoms with van der Waals surface area (Å²) in [6.45, 7) is 2.05. The summed E-state index contributed by atoms with van der Waals surface area (Å²) in [5.74, 6) is -0.708. The van der Waals surface area contributed by atoms with Gasteiger partial charge in [0.2, 0.25) is 0 Å². The third-order valence-electron chi connectivity index (χ3n) is 2.89. The monoisotopic (exact) mass is 328 g/mol. The van der Waals surface area contributed by atoms with Gasteiger partial charge in [0.05, 0.1) is 12.2 Å². The molecule has 0 aliphatic heterocycles. The largest absolute Gasteiger partial charge is 0.462 e. The van der Waals surface area contributed by atoms with Crippen LogP contribution in [0.4, 0.5) is 5.69 Å². The Morgan fingerprint density at radius 1 is 1.04 bits per heavy atom. The molecule has 5 nitrogen and oxygen atoms in total. The van der Waals surface area contributed by atoms with E-state index in [1.165, 1.54) is 0 Å². The van der Waals surface area contributed by atoms with E-state index in [0.29, 0.717) is 23.4 Å². The Morgan fingerprint density at radius 3 is 2.43 bits per heavy atom. The molecule has 118 valence electrons. The number of thiocarbonyl (C=S) groups is 1. The molecule has 2 rings (SSSR count). The van der Waals surface area contributed by atoms with E-state index in [4.69, 9.17) is 17.0 Å². The zero-order chi connectivity index (χ0) is 16.7. The fourth-order valence-corrected chi connectivity index (χ4v) is 2.08. The van der Waals surface area contributed by atoms with Gasteiger partial charge in [0.15, 0.2) is 5.11 Å². The molecule has 0 radical (unpaired) electrons. The molecule has 0 spiro atoms. The number of anilines is 1. The maximum atomic E-state index is 12.0. The second-order valence-electron chi connectivity index (χ2n) is 4.58. The maximum absolute atomic E-state index is 12.0. The number of carbonyl (C=O) groups excluding carboxylic acids is 2. The molecular weight excluding hydrogens is 312 g/mol. The van der Waals surface area contributed by atoms with E-state index in [2.05, 4.69) is 10.6 Å². The van der Waals surface area contributed by atoms with Crippen molar-refractivity contribution in [3.63, 3.8) is 0 Å². The minimum absolute atomic E-state index is 0.153. The van der Waals surface area contributed by atoms with Gasteiger partial charge in [-0.25, -0.2) is 4.79 Å². The zero-order valence-electron chi connectivity index (χ0n) is 12.5. The summed E-state index contributed by atoms with van der Waals surface area (Å²) in [7, 11) is 0. The topological polar surface area (TPSA) is 67.4 Å². The van der Waals surface area contributed by atoms with Crippen LogP contribution in [0.1, 0.15) is 27.6 Å². The first-order valence-electron chi connectivity index (χ1n) is 7.04. The fraction of sp³-hybridized carbons (Fsp3) is 0.118. The molecule has 6 heteroatoms. The van der Waals surface area contributed by atoms with E-state index in [0.717, 1.165) is 0 Å². The molecule has 1 amide bonds. The van der Waals surface area contributed by atoms with Gasteiger partial charge in [-0.05, 0) is 49.5 Å². The van der Waals surface area contributed by atoms with Crippen LogP contribution in [-0.4, -0.2) is 23.6 Å². The first-order valence-corrected chi connectivity index (χ1v) is 7.45. The van der Waals surface area contributed by atoms with E-state index in [9.17, 15) is 9.59 Å². The fourth-order valence-electron chi connectivity index (χ4n) is 1.87. The highest BCUT2D eigenvalue weighted by Crippen LogP contribution is 2.12. The van der Waals surface area contributed by atoms with E-state index in [1.807, 2.05) is 6.07 Å². The lowest BCUT2D eigenvalue weighted by Gasteiger charge is -2.10. The highest BCUT2D eigenvalue weighted by molar-refractivity contribution is 7.80. The van der Waals surface area contributed by atoms with Crippen molar-refractivity contribution in [2.75, 3.05) is 11.9 Å². The Hall–Kier alpha value is -2.73. The minimum Gasteiger partial charge on any atom is -0.462 e. The van der Waals surface area contributed by atoms with E-state index >= 15 is 0 Å². The van der Waals surface area contributed by atoms with Crippen molar-refractivity contribution in [2.45, 2.75) is 6.92 Å². The normalized spacial score (nSPS) is 9.78. The van der Waals surface area contributed by atoms with Gasteiger partial charge in [-0.3, -0.25) is 10.1 Å². The number of nitrogens with one attached hydrogen (secondary N) is 2. The molecule has 0 unspecified atom stereocenters. The average molecular weight is 328 g/mol. The van der Waals surface area contributed by atoms with Gasteiger partial charge in [0.1, 0.15) is 0 Å². The summed E-state index contributed by atoms with van der Waals surface area (Å²) in [5, 5.41) is 5.61. The lowest BCUT2D eigenvalue weighted by molar-refractivity contribution is 0.0526. The van der Waals surface area contributed by atoms with Crippen molar-refractivity contribution in [1.29, 1.82) is 0 Å².